The number of nitrogens with zero attached hydrogens (tertiary/aromatic N) is 2. The third-order valence-corrected chi connectivity index (χ3v) is 5.53. The fourth-order valence-electron chi connectivity index (χ4n) is 1.99. The first-order valence-electron chi connectivity index (χ1n) is 7.50. The summed E-state index contributed by atoms with van der Waals surface area (Å²) in [7, 11) is -0.924. The molecule has 0 radical (unpaired) electrons. The highest BCUT2D eigenvalue weighted by atomic mass is 35.5. The van der Waals surface area contributed by atoms with Crippen LogP contribution in [0.5, 0.6) is 5.75 Å². The number of sulfonamides is 1. The molecule has 1 N–H and O–H groups in total. The van der Waals surface area contributed by atoms with Crippen molar-refractivity contribution in [2.75, 3.05) is 26.0 Å². The van der Waals surface area contributed by atoms with Crippen molar-refractivity contribution in [2.45, 2.75) is 4.90 Å². The van der Waals surface area contributed by atoms with Crippen molar-refractivity contribution in [3.8, 4) is 5.75 Å². The van der Waals surface area contributed by atoms with Crippen molar-refractivity contribution in [1.82, 2.24) is 4.31 Å². The molecule has 2 rings (SSSR count). The molecule has 0 unspecified atom stereocenters. The number of benzene rings is 2. The SMILES string of the molecule is CN(C)S(=O)(=O)c1ccc(Cl)c(NC(=O)COc2cccc([N+](=O)[O-])c2)c1. The number of nitrogens with one attached hydrogen (secondary N) is 1. The lowest BCUT2D eigenvalue weighted by Crippen LogP contribution is -2.23. The first-order chi connectivity index (χ1) is 12.6. The number of non-ortho nitro benzene ring substituents is 1. The zero-order valence-electron chi connectivity index (χ0n) is 14.4. The van der Waals surface area contributed by atoms with E-state index >= 15 is 0 Å². The van der Waals surface area contributed by atoms with Gasteiger partial charge in [-0.2, -0.15) is 0 Å². The second-order valence-corrected chi connectivity index (χ2v) is 8.08. The van der Waals surface area contributed by atoms with Crippen LogP contribution in [0.25, 0.3) is 0 Å². The molecule has 11 heteroatoms. The Morgan fingerprint density at radius 3 is 2.59 bits per heavy atom. The van der Waals surface area contributed by atoms with E-state index in [1.807, 2.05) is 0 Å². The quantitative estimate of drug-likeness (QED) is 0.550. The highest BCUT2D eigenvalue weighted by Gasteiger charge is 2.19. The molecule has 0 atom stereocenters. The Labute approximate surface area is 160 Å². The molecular formula is C16H16ClN3O6S. The molecule has 27 heavy (non-hydrogen) atoms. The largest absolute Gasteiger partial charge is 0.484 e. The van der Waals surface area contributed by atoms with E-state index in [2.05, 4.69) is 5.32 Å². The van der Waals surface area contributed by atoms with E-state index < -0.39 is 27.5 Å². The van der Waals surface area contributed by atoms with Crippen LogP contribution in [0.2, 0.25) is 5.02 Å². The van der Waals surface area contributed by atoms with Gasteiger partial charge in [-0.05, 0) is 24.3 Å². The minimum Gasteiger partial charge on any atom is -0.484 e. The summed E-state index contributed by atoms with van der Waals surface area (Å²) in [4.78, 5) is 22.2. The minimum absolute atomic E-state index is 0.0354. The van der Waals surface area contributed by atoms with E-state index in [0.717, 1.165) is 4.31 Å². The molecule has 0 aliphatic carbocycles. The molecule has 2 aromatic carbocycles. The smallest absolute Gasteiger partial charge is 0.273 e. The van der Waals surface area contributed by atoms with E-state index in [0.29, 0.717) is 0 Å². The topological polar surface area (TPSA) is 119 Å². The van der Waals surface area contributed by atoms with Gasteiger partial charge in [-0.25, -0.2) is 12.7 Å². The number of amides is 1. The molecule has 0 fully saturated rings. The van der Waals surface area contributed by atoms with Crippen molar-refractivity contribution < 1.29 is 22.9 Å². The number of carbonyl (C=O) groups excluding carboxylic acids is 1. The van der Waals surface area contributed by atoms with Crippen molar-refractivity contribution in [3.63, 3.8) is 0 Å². The van der Waals surface area contributed by atoms with Crippen LogP contribution in [-0.4, -0.2) is 44.3 Å². The highest BCUT2D eigenvalue weighted by Crippen LogP contribution is 2.26. The number of nitro groups is 1. The van der Waals surface area contributed by atoms with Gasteiger partial charge in [0.2, 0.25) is 10.0 Å². The van der Waals surface area contributed by atoms with E-state index in [1.54, 1.807) is 0 Å². The summed E-state index contributed by atoms with van der Waals surface area (Å²) >= 11 is 6.00. The summed E-state index contributed by atoms with van der Waals surface area (Å²) < 4.78 is 30.6. The maximum atomic E-state index is 12.2. The van der Waals surface area contributed by atoms with Crippen molar-refractivity contribution in [1.29, 1.82) is 0 Å². The number of anilines is 1. The number of ether oxygens (including phenoxy) is 1. The van der Waals surface area contributed by atoms with Gasteiger partial charge in [0, 0.05) is 20.2 Å². The highest BCUT2D eigenvalue weighted by molar-refractivity contribution is 7.89. The van der Waals surface area contributed by atoms with E-state index in [-0.39, 0.29) is 27.0 Å². The second kappa shape index (κ2) is 8.33. The predicted molar refractivity (Wildman–Crippen MR) is 99.5 cm³/mol. The molecular weight excluding hydrogens is 398 g/mol. The van der Waals surface area contributed by atoms with Gasteiger partial charge in [-0.1, -0.05) is 17.7 Å². The molecule has 0 saturated heterocycles. The fraction of sp³-hybridized carbons (Fsp3) is 0.188. The van der Waals surface area contributed by atoms with E-state index in [9.17, 15) is 23.3 Å². The van der Waals surface area contributed by atoms with Crippen LogP contribution >= 0.6 is 11.6 Å². The van der Waals surface area contributed by atoms with Gasteiger partial charge in [0.25, 0.3) is 11.6 Å². The van der Waals surface area contributed by atoms with Crippen molar-refractivity contribution in [2.24, 2.45) is 0 Å². The van der Waals surface area contributed by atoms with Crippen LogP contribution < -0.4 is 10.1 Å². The summed E-state index contributed by atoms with van der Waals surface area (Å²) in [6.45, 7) is -0.442. The first kappa shape index (κ1) is 20.6. The Bertz CT molecular complexity index is 978. The Kier molecular flexibility index (Phi) is 6.37. The van der Waals surface area contributed by atoms with Crippen LogP contribution in [-0.2, 0) is 14.8 Å². The number of nitro benzene ring substituents is 1. The van der Waals surface area contributed by atoms with Gasteiger partial charge in [0.05, 0.1) is 26.6 Å². The standard InChI is InChI=1S/C16H16ClN3O6S/c1-19(2)27(24,25)13-6-7-14(17)15(9-13)18-16(21)10-26-12-5-3-4-11(8-12)20(22)23/h3-9H,10H2,1-2H3,(H,18,21). The third-order valence-electron chi connectivity index (χ3n) is 3.39. The number of hydrogen-bond acceptors (Lipinski definition) is 6. The molecule has 0 aromatic heterocycles. The van der Waals surface area contributed by atoms with Gasteiger partial charge in [0.15, 0.2) is 6.61 Å². The average Bonchev–Trinajstić information content (AvgIpc) is 2.61. The van der Waals surface area contributed by atoms with Crippen LogP contribution in [0.1, 0.15) is 0 Å². The maximum absolute atomic E-state index is 12.2. The maximum Gasteiger partial charge on any atom is 0.273 e. The van der Waals surface area contributed by atoms with Gasteiger partial charge in [-0.3, -0.25) is 14.9 Å². The Hall–Kier alpha value is -2.69. The summed E-state index contributed by atoms with van der Waals surface area (Å²) in [5.74, 6) is -0.461. The fourth-order valence-corrected chi connectivity index (χ4v) is 3.09. The number of rotatable bonds is 7. The molecule has 1 amide bonds. The lowest BCUT2D eigenvalue weighted by Gasteiger charge is -2.14. The summed E-state index contributed by atoms with van der Waals surface area (Å²) in [6.07, 6.45) is 0. The zero-order valence-corrected chi connectivity index (χ0v) is 16.0. The third kappa shape index (κ3) is 5.16. The van der Waals surface area contributed by atoms with Crippen LogP contribution in [0.15, 0.2) is 47.4 Å². The molecule has 2 aromatic rings. The molecule has 0 aliphatic rings. The van der Waals surface area contributed by atoms with Gasteiger partial charge < -0.3 is 10.1 Å². The molecule has 0 spiro atoms. The van der Waals surface area contributed by atoms with E-state index in [4.69, 9.17) is 16.3 Å². The summed E-state index contributed by atoms with van der Waals surface area (Å²) in [5, 5.41) is 13.3. The predicted octanol–water partition coefficient (Wildman–Crippen LogP) is 2.52. The van der Waals surface area contributed by atoms with Crippen LogP contribution in [0.3, 0.4) is 0 Å². The monoisotopic (exact) mass is 413 g/mol. The second-order valence-electron chi connectivity index (χ2n) is 5.52. The first-order valence-corrected chi connectivity index (χ1v) is 9.32. The van der Waals surface area contributed by atoms with Crippen molar-refractivity contribution in [3.05, 3.63) is 57.6 Å². The Balaban J connectivity index is 2.10. The average molecular weight is 414 g/mol. The molecule has 144 valence electrons. The molecule has 0 bridgehead atoms. The minimum atomic E-state index is -3.69. The molecule has 0 saturated carbocycles. The Morgan fingerprint density at radius 2 is 1.96 bits per heavy atom. The molecule has 0 heterocycles. The van der Waals surface area contributed by atoms with Crippen molar-refractivity contribution >= 4 is 38.9 Å². The number of halogens is 1. The number of hydrogen-bond donors (Lipinski definition) is 1. The van der Waals surface area contributed by atoms with Gasteiger partial charge in [-0.15, -0.1) is 0 Å². The van der Waals surface area contributed by atoms with Crippen LogP contribution in [0.4, 0.5) is 11.4 Å². The lowest BCUT2D eigenvalue weighted by atomic mass is 10.3. The normalized spacial score (nSPS) is 11.3. The zero-order chi connectivity index (χ0) is 20.2. The van der Waals surface area contributed by atoms with E-state index in [1.165, 1.54) is 56.6 Å². The number of carbonyl (C=O) groups is 1. The summed E-state index contributed by atoms with van der Waals surface area (Å²) in [5.41, 5.74) is -0.0650. The van der Waals surface area contributed by atoms with Gasteiger partial charge in [0.1, 0.15) is 5.75 Å². The summed E-state index contributed by atoms with van der Waals surface area (Å²) in [6, 6.07) is 9.30. The molecule has 0 aliphatic heterocycles. The molecule has 9 nitrogen and oxygen atoms in total. The van der Waals surface area contributed by atoms with Gasteiger partial charge >= 0.3 is 0 Å². The lowest BCUT2D eigenvalue weighted by molar-refractivity contribution is -0.384. The van der Waals surface area contributed by atoms with Crippen LogP contribution in [0, 0.1) is 10.1 Å². The Morgan fingerprint density at radius 1 is 1.26 bits per heavy atom.